The lowest BCUT2D eigenvalue weighted by molar-refractivity contribution is 1.49. The number of nitrogens with zero attached hydrogens (tertiary/aromatic N) is 1. The Morgan fingerprint density at radius 1 is 1.55 bits per heavy atom. The second kappa shape index (κ2) is 4.32. The maximum absolute atomic E-state index is 8.55. The van der Waals surface area contributed by atoms with Crippen molar-refractivity contribution in [2.24, 2.45) is 0 Å². The molecule has 0 spiro atoms. The summed E-state index contributed by atoms with van der Waals surface area (Å²) in [6.07, 6.45) is 0. The van der Waals surface area contributed by atoms with Gasteiger partial charge in [-0.15, -0.1) is 0 Å². The van der Waals surface area contributed by atoms with Gasteiger partial charge in [0.05, 0.1) is 10.6 Å². The fourth-order valence-electron chi connectivity index (χ4n) is 0.732. The highest BCUT2D eigenvalue weighted by Gasteiger charge is 2.00. The van der Waals surface area contributed by atoms with E-state index in [0.717, 1.165) is 0 Å². The van der Waals surface area contributed by atoms with Crippen molar-refractivity contribution in [1.29, 1.82) is 5.26 Å². The molecule has 0 radical (unpaired) electrons. The van der Waals surface area contributed by atoms with Gasteiger partial charge >= 0.3 is 18.2 Å². The molecule has 0 unspecified atom stereocenters. The van der Waals surface area contributed by atoms with Crippen molar-refractivity contribution in [3.63, 3.8) is 0 Å². The SMILES string of the molecule is N#Cc1cc[c]([Mg][Br])cc1Cl. The molecule has 0 heterocycles. The molecule has 11 heavy (non-hydrogen) atoms. The first-order valence-electron chi connectivity index (χ1n) is 3.02. The van der Waals surface area contributed by atoms with Crippen molar-refractivity contribution >= 4 is 46.4 Å². The lowest BCUT2D eigenvalue weighted by Gasteiger charge is -1.96. The predicted molar refractivity (Wildman–Crippen MR) is 50.5 cm³/mol. The molecule has 0 saturated heterocycles. The molecular formula is C7H3BrClMgN. The van der Waals surface area contributed by atoms with Crippen molar-refractivity contribution in [1.82, 2.24) is 0 Å². The molecule has 1 nitrogen and oxygen atoms in total. The van der Waals surface area contributed by atoms with Gasteiger partial charge in [0.2, 0.25) is 0 Å². The van der Waals surface area contributed by atoms with E-state index in [1.54, 1.807) is 6.07 Å². The summed E-state index contributed by atoms with van der Waals surface area (Å²) in [6.45, 7) is 0. The zero-order chi connectivity index (χ0) is 8.27. The van der Waals surface area contributed by atoms with Crippen LogP contribution in [0.4, 0.5) is 0 Å². The van der Waals surface area contributed by atoms with Crippen LogP contribution in [0.1, 0.15) is 5.56 Å². The maximum Gasteiger partial charge on any atom is 0.506 e. The number of rotatable bonds is 1. The van der Waals surface area contributed by atoms with Crippen LogP contribution in [-0.4, -0.2) is 18.2 Å². The second-order valence-electron chi connectivity index (χ2n) is 2.06. The molecular weight excluding hydrogens is 238 g/mol. The summed E-state index contributed by atoms with van der Waals surface area (Å²) in [5.41, 5.74) is 0.547. The Hall–Kier alpha value is 0.246. The molecule has 0 fully saturated rings. The zero-order valence-corrected chi connectivity index (χ0v) is 9.40. The highest BCUT2D eigenvalue weighted by Crippen LogP contribution is 2.11. The molecule has 1 rings (SSSR count). The quantitative estimate of drug-likeness (QED) is 0.688. The van der Waals surface area contributed by atoms with Crippen LogP contribution in [0.3, 0.4) is 0 Å². The molecule has 1 aromatic rings. The Kier molecular flexibility index (Phi) is 3.66. The van der Waals surface area contributed by atoms with Gasteiger partial charge in [0.1, 0.15) is 6.07 Å². The molecule has 1 aromatic carbocycles. The second-order valence-corrected chi connectivity index (χ2v) is 5.23. The summed E-state index contributed by atoms with van der Waals surface area (Å²) in [4.78, 5) is 0. The Morgan fingerprint density at radius 3 is 2.73 bits per heavy atom. The Bertz CT molecular complexity index is 308. The van der Waals surface area contributed by atoms with E-state index in [4.69, 9.17) is 16.9 Å². The van der Waals surface area contributed by atoms with Crippen LogP contribution in [-0.2, 0) is 0 Å². The molecule has 0 N–H and O–H groups in total. The van der Waals surface area contributed by atoms with Gasteiger partial charge in [-0.25, -0.2) is 0 Å². The molecule has 0 amide bonds. The normalized spacial score (nSPS) is 8.45. The standard InChI is InChI=1S/C7H3ClN.BrH.Mg/c8-7-4-2-1-3-6(7)5-9;;/h1,3-4H;1H;/q;;+1/p-1. The Labute approximate surface area is 85.9 Å². The van der Waals surface area contributed by atoms with E-state index in [9.17, 15) is 0 Å². The van der Waals surface area contributed by atoms with Crippen molar-refractivity contribution < 1.29 is 0 Å². The first-order valence-corrected chi connectivity index (χ1v) is 8.01. The van der Waals surface area contributed by atoms with E-state index < -0.39 is 0 Å². The highest BCUT2D eigenvalue weighted by molar-refractivity contribution is 9.23. The van der Waals surface area contributed by atoms with Gasteiger partial charge in [-0.3, -0.25) is 12.9 Å². The van der Waals surface area contributed by atoms with Gasteiger partial charge in [-0.2, -0.15) is 8.95 Å². The molecule has 0 saturated carbocycles. The average Bonchev–Trinajstić information content (AvgIpc) is 2.04. The minimum Gasteiger partial charge on any atom is -0.296 e. The summed E-state index contributed by atoms with van der Waals surface area (Å²) in [7, 11) is 0. The average molecular weight is 241 g/mol. The highest BCUT2D eigenvalue weighted by atomic mass is 79.9. The maximum atomic E-state index is 8.55. The summed E-state index contributed by atoms with van der Waals surface area (Å²) in [5, 5.41) is 9.10. The predicted octanol–water partition coefficient (Wildman–Crippen LogP) is 1.85. The van der Waals surface area contributed by atoms with Crippen LogP contribution in [0.25, 0.3) is 0 Å². The van der Waals surface area contributed by atoms with Crippen LogP contribution in [0.5, 0.6) is 0 Å². The molecule has 0 atom stereocenters. The van der Waals surface area contributed by atoms with Crippen molar-refractivity contribution in [3.8, 4) is 6.07 Å². The number of hydrogen-bond acceptors (Lipinski definition) is 1. The fourth-order valence-corrected chi connectivity index (χ4v) is 2.64. The fraction of sp³-hybridized carbons (Fsp3) is 0. The van der Waals surface area contributed by atoms with E-state index in [1.165, 1.54) is 3.69 Å². The zero-order valence-electron chi connectivity index (χ0n) is 5.64. The third kappa shape index (κ3) is 2.34. The molecule has 0 aromatic heterocycles. The van der Waals surface area contributed by atoms with E-state index in [2.05, 4.69) is 12.9 Å². The Morgan fingerprint density at radius 2 is 2.27 bits per heavy atom. The molecule has 0 bridgehead atoms. The summed E-state index contributed by atoms with van der Waals surface area (Å²) in [5.74, 6) is 0. The minimum atomic E-state index is -0.335. The smallest absolute Gasteiger partial charge is 0.296 e. The van der Waals surface area contributed by atoms with Crippen molar-refractivity contribution in [3.05, 3.63) is 28.8 Å². The summed E-state index contributed by atoms with van der Waals surface area (Å²) in [6, 6.07) is 7.55. The van der Waals surface area contributed by atoms with Gasteiger partial charge in [0.25, 0.3) is 0 Å². The number of hydrogen-bond donors (Lipinski definition) is 0. The van der Waals surface area contributed by atoms with Gasteiger partial charge < -0.3 is 0 Å². The van der Waals surface area contributed by atoms with E-state index in [1.807, 2.05) is 18.2 Å². The lowest BCUT2D eigenvalue weighted by Crippen LogP contribution is -2.07. The van der Waals surface area contributed by atoms with Gasteiger partial charge in [-0.05, 0) is 6.07 Å². The molecule has 0 aliphatic carbocycles. The summed E-state index contributed by atoms with van der Waals surface area (Å²) < 4.78 is 1.22. The first-order chi connectivity index (χ1) is 5.27. The van der Waals surface area contributed by atoms with Gasteiger partial charge in [-0.1, -0.05) is 23.7 Å². The minimum absolute atomic E-state index is 0.335. The number of benzene rings is 1. The largest absolute Gasteiger partial charge is 0.506 e. The monoisotopic (exact) mass is 239 g/mol. The third-order valence-corrected chi connectivity index (χ3v) is 4.31. The lowest BCUT2D eigenvalue weighted by atomic mass is 10.2. The van der Waals surface area contributed by atoms with Crippen molar-refractivity contribution in [2.75, 3.05) is 0 Å². The summed E-state index contributed by atoms with van der Waals surface area (Å²) >= 11 is 8.89. The van der Waals surface area contributed by atoms with Crippen LogP contribution in [0.2, 0.25) is 5.02 Å². The van der Waals surface area contributed by atoms with E-state index >= 15 is 0 Å². The van der Waals surface area contributed by atoms with Gasteiger partial charge in [0, 0.05) is 0 Å². The third-order valence-electron chi connectivity index (χ3n) is 1.31. The molecule has 0 aliphatic heterocycles. The van der Waals surface area contributed by atoms with Crippen molar-refractivity contribution in [2.45, 2.75) is 0 Å². The van der Waals surface area contributed by atoms with Gasteiger partial charge in [0.15, 0.2) is 0 Å². The first kappa shape index (κ1) is 9.34. The van der Waals surface area contributed by atoms with Crippen LogP contribution >= 0.6 is 24.5 Å². The Balaban J connectivity index is 3.12. The topological polar surface area (TPSA) is 23.8 Å². The van der Waals surface area contributed by atoms with Crippen LogP contribution in [0, 0.1) is 11.3 Å². The number of halogens is 2. The van der Waals surface area contributed by atoms with E-state index in [-0.39, 0.29) is 18.2 Å². The van der Waals surface area contributed by atoms with Crippen LogP contribution in [0.15, 0.2) is 18.2 Å². The number of nitriles is 1. The molecule has 4 heteroatoms. The van der Waals surface area contributed by atoms with E-state index in [0.29, 0.717) is 10.6 Å². The van der Waals surface area contributed by atoms with Crippen LogP contribution < -0.4 is 3.69 Å². The molecule has 0 aliphatic rings. The molecule has 52 valence electrons.